The first-order valence-electron chi connectivity index (χ1n) is 1.96. The van der Waals surface area contributed by atoms with E-state index in [4.69, 9.17) is 0 Å². The molecule has 1 rings (SSSR count). The van der Waals surface area contributed by atoms with Gasteiger partial charge in [0.25, 0.3) is 0 Å². The minimum absolute atomic E-state index is 1.75. The molecular weight excluding hydrogens is 309 g/mol. The van der Waals surface area contributed by atoms with E-state index in [0.717, 1.165) is 0 Å². The maximum atomic E-state index is 3.78. The van der Waals surface area contributed by atoms with Crippen LogP contribution in [0.4, 0.5) is 0 Å². The molecule has 1 aromatic rings. The fourth-order valence-corrected chi connectivity index (χ4v) is 0.313. The third-order valence-electron chi connectivity index (χ3n) is 0.566. The molecule has 1 aromatic heterocycles. The summed E-state index contributed by atoms with van der Waals surface area (Å²) >= 11 is 4.88. The molecule has 3 heteroatoms. The predicted octanol–water partition coefficient (Wildman–Crippen LogP) is 1.96. The van der Waals surface area contributed by atoms with Gasteiger partial charge >= 0.3 is 36.3 Å². The summed E-state index contributed by atoms with van der Waals surface area (Å²) in [5, 5.41) is 0. The Kier molecular flexibility index (Phi) is 8.21. The van der Waals surface area contributed by atoms with Gasteiger partial charge in [-0.25, -0.2) is 0 Å². The minimum Gasteiger partial charge on any atom is -0.265 e. The molecule has 0 aliphatic carbocycles. The first-order chi connectivity index (χ1) is 4.00. The number of hydrogen-bond acceptors (Lipinski definition) is 1. The second kappa shape index (κ2) is 7.62. The van der Waals surface area contributed by atoms with Crippen LogP contribution in [0, 0.1) is 0 Å². The molecule has 0 N–H and O–H groups in total. The Bertz CT molecular complexity index is 84.4. The SMILES string of the molecule is [Ag][I].c1ccncc1. The fourth-order valence-electron chi connectivity index (χ4n) is 0.313. The van der Waals surface area contributed by atoms with Crippen LogP contribution in [-0.4, -0.2) is 4.98 Å². The quantitative estimate of drug-likeness (QED) is 0.527. The summed E-state index contributed by atoms with van der Waals surface area (Å²) in [5.74, 6) is 0. The van der Waals surface area contributed by atoms with Crippen molar-refractivity contribution >= 4 is 19.0 Å². The van der Waals surface area contributed by atoms with Crippen LogP contribution in [0.15, 0.2) is 30.6 Å². The third-order valence-corrected chi connectivity index (χ3v) is 0.566. The summed E-state index contributed by atoms with van der Waals surface area (Å²) < 4.78 is 0. The molecule has 8 heavy (non-hydrogen) atoms. The van der Waals surface area contributed by atoms with Gasteiger partial charge in [0, 0.05) is 12.4 Å². The topological polar surface area (TPSA) is 12.9 Å². The zero-order valence-electron chi connectivity index (χ0n) is 4.01. The van der Waals surface area contributed by atoms with Crippen LogP contribution < -0.4 is 0 Å². The summed E-state index contributed by atoms with van der Waals surface area (Å²) in [6.45, 7) is 0. The number of halogens is 1. The maximum Gasteiger partial charge on any atom is 0.0267 e. The van der Waals surface area contributed by atoms with Gasteiger partial charge in [-0.1, -0.05) is 6.07 Å². The number of aromatic nitrogens is 1. The molecule has 0 spiro atoms. The average Bonchev–Trinajstić information content (AvgIpc) is 1.96. The summed E-state index contributed by atoms with van der Waals surface area (Å²) in [6.07, 6.45) is 3.50. The zero-order valence-corrected chi connectivity index (χ0v) is 7.65. The van der Waals surface area contributed by atoms with Crippen LogP contribution >= 0.6 is 19.0 Å². The molecule has 0 atom stereocenters. The van der Waals surface area contributed by atoms with E-state index in [1.807, 2.05) is 37.2 Å². The molecule has 0 saturated heterocycles. The van der Waals surface area contributed by atoms with Crippen LogP contribution in [0.5, 0.6) is 0 Å². The van der Waals surface area contributed by atoms with Crippen molar-refractivity contribution in [3.63, 3.8) is 0 Å². The number of rotatable bonds is 0. The Labute approximate surface area is 71.3 Å². The van der Waals surface area contributed by atoms with Crippen molar-refractivity contribution < 1.29 is 17.3 Å². The van der Waals surface area contributed by atoms with Crippen molar-refractivity contribution in [1.82, 2.24) is 4.98 Å². The zero-order chi connectivity index (χ0) is 6.24. The van der Waals surface area contributed by atoms with E-state index < -0.39 is 0 Å². The van der Waals surface area contributed by atoms with E-state index in [0.29, 0.717) is 0 Å². The van der Waals surface area contributed by atoms with Gasteiger partial charge in [0.1, 0.15) is 0 Å². The first kappa shape index (κ1) is 8.62. The molecule has 0 aromatic carbocycles. The van der Waals surface area contributed by atoms with Crippen molar-refractivity contribution in [2.45, 2.75) is 0 Å². The standard InChI is InChI=1S/C5H5N.Ag.HI/c1-2-4-6-5-3-1;;/h1-5H;;1H/q;+1;/p-1. The predicted molar refractivity (Wildman–Crippen MR) is 38.3 cm³/mol. The number of pyridine rings is 1. The summed E-state index contributed by atoms with van der Waals surface area (Å²) in [7, 11) is 0. The van der Waals surface area contributed by atoms with Crippen LogP contribution in [0.3, 0.4) is 0 Å². The molecule has 48 valence electrons. The number of hydrogen-bond donors (Lipinski definition) is 0. The van der Waals surface area contributed by atoms with Crippen molar-refractivity contribution in [3.8, 4) is 0 Å². The second-order valence-corrected chi connectivity index (χ2v) is 1.02. The average molecular weight is 314 g/mol. The van der Waals surface area contributed by atoms with E-state index in [-0.39, 0.29) is 0 Å². The van der Waals surface area contributed by atoms with Crippen LogP contribution in [0.2, 0.25) is 0 Å². The molecule has 0 radical (unpaired) electrons. The largest absolute Gasteiger partial charge is 0.265 e. The number of nitrogens with zero attached hydrogens (tertiary/aromatic N) is 1. The molecule has 1 heterocycles. The van der Waals surface area contributed by atoms with Crippen molar-refractivity contribution in [1.29, 1.82) is 0 Å². The molecule has 0 aliphatic heterocycles. The first-order valence-corrected chi connectivity index (χ1v) is 6.37. The van der Waals surface area contributed by atoms with Gasteiger partial charge in [-0.3, -0.25) is 4.98 Å². The van der Waals surface area contributed by atoms with Gasteiger partial charge in [0.2, 0.25) is 0 Å². The monoisotopic (exact) mass is 313 g/mol. The van der Waals surface area contributed by atoms with Gasteiger partial charge < -0.3 is 0 Å². The smallest absolute Gasteiger partial charge is 0.0267 e. The molecule has 0 bridgehead atoms. The Morgan fingerprint density at radius 2 is 1.50 bits per heavy atom. The third kappa shape index (κ3) is 4.77. The summed E-state index contributed by atoms with van der Waals surface area (Å²) in [6, 6.07) is 5.72. The summed E-state index contributed by atoms with van der Waals surface area (Å²) in [4.78, 5) is 3.78. The molecule has 0 amide bonds. The Morgan fingerprint density at radius 1 is 1.00 bits per heavy atom. The molecule has 0 fully saturated rings. The van der Waals surface area contributed by atoms with Gasteiger partial charge in [0.15, 0.2) is 0 Å². The van der Waals surface area contributed by atoms with Gasteiger partial charge in [0.05, 0.1) is 0 Å². The maximum absolute atomic E-state index is 3.78. The van der Waals surface area contributed by atoms with E-state index >= 15 is 0 Å². The normalized spacial score (nSPS) is 6.88. The van der Waals surface area contributed by atoms with E-state index in [2.05, 4.69) is 22.2 Å². The van der Waals surface area contributed by atoms with Crippen LogP contribution in [0.1, 0.15) is 0 Å². The van der Waals surface area contributed by atoms with E-state index in [1.54, 1.807) is 12.4 Å². The van der Waals surface area contributed by atoms with E-state index in [1.165, 1.54) is 0 Å². The van der Waals surface area contributed by atoms with Crippen LogP contribution in [-0.2, 0) is 17.3 Å². The van der Waals surface area contributed by atoms with Crippen molar-refractivity contribution in [2.75, 3.05) is 0 Å². The van der Waals surface area contributed by atoms with Gasteiger partial charge in [-0.2, -0.15) is 0 Å². The fraction of sp³-hybridized carbons (Fsp3) is 0. The molecular formula is C5H5AgIN. The second-order valence-electron chi connectivity index (χ2n) is 1.02. The Balaban J connectivity index is 0.000000222. The van der Waals surface area contributed by atoms with Crippen LogP contribution in [0.25, 0.3) is 0 Å². The van der Waals surface area contributed by atoms with Gasteiger partial charge in [-0.15, -0.1) is 0 Å². The Morgan fingerprint density at radius 3 is 1.62 bits per heavy atom. The minimum atomic E-state index is 1.75. The molecule has 1 nitrogen and oxygen atoms in total. The molecule has 0 aliphatic rings. The molecule has 0 unspecified atom stereocenters. The van der Waals surface area contributed by atoms with Crippen molar-refractivity contribution in [3.05, 3.63) is 30.6 Å². The van der Waals surface area contributed by atoms with E-state index in [9.17, 15) is 0 Å². The van der Waals surface area contributed by atoms with Gasteiger partial charge in [-0.05, 0) is 12.1 Å². The summed E-state index contributed by atoms with van der Waals surface area (Å²) in [5.41, 5.74) is 0. The Hall–Kier alpha value is 0.620. The van der Waals surface area contributed by atoms with Crippen molar-refractivity contribution in [2.24, 2.45) is 0 Å². The molecule has 0 saturated carbocycles.